The summed E-state index contributed by atoms with van der Waals surface area (Å²) in [5, 5.41) is 0. The highest BCUT2D eigenvalue weighted by Gasteiger charge is 2.28. The van der Waals surface area contributed by atoms with Gasteiger partial charge in [-0.3, -0.25) is 9.69 Å². The highest BCUT2D eigenvalue weighted by Crippen LogP contribution is 2.20. The Morgan fingerprint density at radius 3 is 3.12 bits per heavy atom. The van der Waals surface area contributed by atoms with Gasteiger partial charge in [0.05, 0.1) is 13.0 Å². The normalized spacial score (nSPS) is 20.5. The summed E-state index contributed by atoms with van der Waals surface area (Å²) < 4.78 is 5.87. The van der Waals surface area contributed by atoms with Gasteiger partial charge in [-0.05, 0) is 30.7 Å². The first kappa shape index (κ1) is 12.6. The van der Waals surface area contributed by atoms with Crippen molar-refractivity contribution in [3.05, 3.63) is 34.3 Å². The minimum atomic E-state index is -0.0817. The molecule has 1 aliphatic heterocycles. The molecule has 1 atom stereocenters. The fourth-order valence-electron chi connectivity index (χ4n) is 2.23. The molecule has 0 aromatic heterocycles. The van der Waals surface area contributed by atoms with E-state index in [9.17, 15) is 4.79 Å². The lowest BCUT2D eigenvalue weighted by molar-refractivity contribution is -0.144. The van der Waals surface area contributed by atoms with Crippen LogP contribution in [0.1, 0.15) is 12.0 Å². The maximum Gasteiger partial charge on any atom is 0.310 e. The van der Waals surface area contributed by atoms with Crippen molar-refractivity contribution in [2.75, 3.05) is 20.2 Å². The van der Waals surface area contributed by atoms with Crippen molar-refractivity contribution in [3.8, 4) is 0 Å². The summed E-state index contributed by atoms with van der Waals surface area (Å²) in [7, 11) is 1.46. The Morgan fingerprint density at radius 1 is 1.59 bits per heavy atom. The summed E-state index contributed by atoms with van der Waals surface area (Å²) >= 11 is 3.47. The van der Waals surface area contributed by atoms with Gasteiger partial charge >= 0.3 is 5.97 Å². The first-order chi connectivity index (χ1) is 8.19. The monoisotopic (exact) mass is 297 g/mol. The summed E-state index contributed by atoms with van der Waals surface area (Å²) in [5.41, 5.74) is 1.27. The van der Waals surface area contributed by atoms with Gasteiger partial charge < -0.3 is 4.74 Å². The second-order valence-electron chi connectivity index (χ2n) is 4.37. The minimum Gasteiger partial charge on any atom is -0.469 e. The van der Waals surface area contributed by atoms with Crippen LogP contribution in [0.25, 0.3) is 0 Å². The van der Waals surface area contributed by atoms with Gasteiger partial charge in [0.25, 0.3) is 0 Å². The van der Waals surface area contributed by atoms with Crippen LogP contribution in [0, 0.1) is 5.92 Å². The Labute approximate surface area is 110 Å². The van der Waals surface area contributed by atoms with E-state index in [0.717, 1.165) is 30.5 Å². The van der Waals surface area contributed by atoms with E-state index >= 15 is 0 Å². The van der Waals surface area contributed by atoms with Crippen LogP contribution in [0.2, 0.25) is 0 Å². The molecule has 2 rings (SSSR count). The van der Waals surface area contributed by atoms with Crippen molar-refractivity contribution in [3.63, 3.8) is 0 Å². The molecule has 1 heterocycles. The van der Waals surface area contributed by atoms with Gasteiger partial charge in [0, 0.05) is 17.6 Å². The second kappa shape index (κ2) is 5.65. The molecule has 0 bridgehead atoms. The van der Waals surface area contributed by atoms with Crippen molar-refractivity contribution in [2.24, 2.45) is 5.92 Å². The zero-order chi connectivity index (χ0) is 12.3. The number of rotatable bonds is 3. The van der Waals surface area contributed by atoms with E-state index in [1.165, 1.54) is 12.7 Å². The Morgan fingerprint density at radius 2 is 2.41 bits per heavy atom. The number of likely N-dealkylation sites (tertiary alicyclic amines) is 1. The van der Waals surface area contributed by atoms with E-state index in [0.29, 0.717) is 0 Å². The zero-order valence-electron chi connectivity index (χ0n) is 9.86. The maximum atomic E-state index is 11.4. The van der Waals surface area contributed by atoms with E-state index in [-0.39, 0.29) is 11.9 Å². The number of ether oxygens (including phenoxy) is 1. The minimum absolute atomic E-state index is 0.0483. The van der Waals surface area contributed by atoms with Gasteiger partial charge in [0.15, 0.2) is 0 Å². The smallest absolute Gasteiger partial charge is 0.310 e. The average molecular weight is 298 g/mol. The largest absolute Gasteiger partial charge is 0.469 e. The lowest BCUT2D eigenvalue weighted by Gasteiger charge is -2.15. The highest BCUT2D eigenvalue weighted by atomic mass is 79.9. The SMILES string of the molecule is COC(=O)C1CCN(Cc2cccc(Br)c2)C1. The first-order valence-electron chi connectivity index (χ1n) is 5.73. The summed E-state index contributed by atoms with van der Waals surface area (Å²) in [6.45, 7) is 2.67. The lowest BCUT2D eigenvalue weighted by atomic mass is 10.1. The third kappa shape index (κ3) is 3.30. The summed E-state index contributed by atoms with van der Waals surface area (Å²) in [6.07, 6.45) is 0.903. The number of carbonyl (C=O) groups excluding carboxylic acids is 1. The fraction of sp³-hybridized carbons (Fsp3) is 0.462. The van der Waals surface area contributed by atoms with Crippen LogP contribution in [-0.4, -0.2) is 31.1 Å². The van der Waals surface area contributed by atoms with Gasteiger partial charge in [-0.15, -0.1) is 0 Å². The number of hydrogen-bond acceptors (Lipinski definition) is 3. The quantitative estimate of drug-likeness (QED) is 0.803. The van der Waals surface area contributed by atoms with E-state index in [1.807, 2.05) is 12.1 Å². The third-order valence-electron chi connectivity index (χ3n) is 3.10. The van der Waals surface area contributed by atoms with Gasteiger partial charge in [-0.2, -0.15) is 0 Å². The number of methoxy groups -OCH3 is 1. The molecule has 1 fully saturated rings. The number of hydrogen-bond donors (Lipinski definition) is 0. The molecule has 0 saturated carbocycles. The van der Waals surface area contributed by atoms with Gasteiger partial charge in [-0.1, -0.05) is 28.1 Å². The molecule has 1 saturated heterocycles. The van der Waals surface area contributed by atoms with E-state index in [1.54, 1.807) is 0 Å². The molecule has 1 unspecified atom stereocenters. The second-order valence-corrected chi connectivity index (χ2v) is 5.29. The summed E-state index contributed by atoms with van der Waals surface area (Å²) in [4.78, 5) is 13.7. The van der Waals surface area contributed by atoms with E-state index in [2.05, 4.69) is 33.0 Å². The maximum absolute atomic E-state index is 11.4. The van der Waals surface area contributed by atoms with E-state index in [4.69, 9.17) is 4.74 Å². The molecule has 17 heavy (non-hydrogen) atoms. The van der Waals surface area contributed by atoms with Gasteiger partial charge in [0.2, 0.25) is 0 Å². The number of benzene rings is 1. The molecule has 1 aromatic carbocycles. The number of carbonyl (C=O) groups is 1. The predicted octanol–water partition coefficient (Wildman–Crippen LogP) is 2.44. The summed E-state index contributed by atoms with van der Waals surface area (Å²) in [6, 6.07) is 8.28. The molecule has 1 aliphatic rings. The van der Waals surface area contributed by atoms with Crippen molar-refractivity contribution >= 4 is 21.9 Å². The van der Waals surface area contributed by atoms with Crippen LogP contribution in [0.5, 0.6) is 0 Å². The zero-order valence-corrected chi connectivity index (χ0v) is 11.4. The van der Waals surface area contributed by atoms with Crippen molar-refractivity contribution in [1.29, 1.82) is 0 Å². The molecule has 92 valence electrons. The third-order valence-corrected chi connectivity index (χ3v) is 3.60. The number of esters is 1. The van der Waals surface area contributed by atoms with Gasteiger partial charge in [-0.25, -0.2) is 0 Å². The molecule has 3 nitrogen and oxygen atoms in total. The average Bonchev–Trinajstić information content (AvgIpc) is 2.76. The first-order valence-corrected chi connectivity index (χ1v) is 6.53. The molecular weight excluding hydrogens is 282 g/mol. The van der Waals surface area contributed by atoms with Crippen LogP contribution in [0.15, 0.2) is 28.7 Å². The lowest BCUT2D eigenvalue weighted by Crippen LogP contribution is -2.23. The van der Waals surface area contributed by atoms with Crippen LogP contribution in [0.4, 0.5) is 0 Å². The molecule has 4 heteroatoms. The standard InChI is InChI=1S/C13H16BrNO2/c1-17-13(16)11-5-6-15(9-11)8-10-3-2-4-12(14)7-10/h2-4,7,11H,5-6,8-9H2,1H3. The topological polar surface area (TPSA) is 29.5 Å². The molecule has 1 aromatic rings. The van der Waals surface area contributed by atoms with E-state index < -0.39 is 0 Å². The molecular formula is C13H16BrNO2. The van der Waals surface area contributed by atoms with Crippen LogP contribution in [0.3, 0.4) is 0 Å². The molecule has 0 spiro atoms. The predicted molar refractivity (Wildman–Crippen MR) is 69.5 cm³/mol. The van der Waals surface area contributed by atoms with Crippen LogP contribution < -0.4 is 0 Å². The van der Waals surface area contributed by atoms with Crippen LogP contribution in [-0.2, 0) is 16.1 Å². The van der Waals surface area contributed by atoms with Crippen molar-refractivity contribution < 1.29 is 9.53 Å². The number of halogens is 1. The highest BCUT2D eigenvalue weighted by molar-refractivity contribution is 9.10. The number of nitrogens with zero attached hydrogens (tertiary/aromatic N) is 1. The molecule has 0 N–H and O–H groups in total. The fourth-order valence-corrected chi connectivity index (χ4v) is 2.68. The van der Waals surface area contributed by atoms with Gasteiger partial charge in [0.1, 0.15) is 0 Å². The molecule has 0 aliphatic carbocycles. The Kier molecular flexibility index (Phi) is 4.18. The van der Waals surface area contributed by atoms with Crippen molar-refractivity contribution in [1.82, 2.24) is 4.90 Å². The van der Waals surface area contributed by atoms with Crippen LogP contribution >= 0.6 is 15.9 Å². The Balaban J connectivity index is 1.92. The summed E-state index contributed by atoms with van der Waals surface area (Å²) in [5.74, 6) is -0.0334. The molecule has 0 radical (unpaired) electrons. The Bertz CT molecular complexity index is 408. The molecule has 0 amide bonds. The van der Waals surface area contributed by atoms with Crippen molar-refractivity contribution in [2.45, 2.75) is 13.0 Å². The Hall–Kier alpha value is -0.870.